The van der Waals surface area contributed by atoms with Crippen LogP contribution in [0.4, 0.5) is 0 Å². The first-order valence-corrected chi connectivity index (χ1v) is 7.70. The van der Waals surface area contributed by atoms with E-state index in [-0.39, 0.29) is 4.83 Å². The molecule has 0 aliphatic carbocycles. The molecule has 1 aromatic carbocycles. The summed E-state index contributed by atoms with van der Waals surface area (Å²) in [6, 6.07) is 10.1. The number of alkyl halides is 1. The summed E-state index contributed by atoms with van der Waals surface area (Å²) < 4.78 is 6.34. The van der Waals surface area contributed by atoms with Crippen LogP contribution in [0.3, 0.4) is 0 Å². The highest BCUT2D eigenvalue weighted by Crippen LogP contribution is 2.34. The van der Waals surface area contributed by atoms with E-state index in [9.17, 15) is 0 Å². The molecule has 0 fully saturated rings. The zero-order valence-electron chi connectivity index (χ0n) is 10.9. The fraction of sp³-hybridized carbons (Fsp3) is 0.267. The maximum Gasteiger partial charge on any atom is 0.119 e. The largest absolute Gasteiger partial charge is 0.497 e. The molecule has 0 radical (unpaired) electrons. The Balaban J connectivity index is 2.19. The van der Waals surface area contributed by atoms with E-state index in [1.165, 1.54) is 11.1 Å². The number of methoxy groups -OCH3 is 1. The summed E-state index contributed by atoms with van der Waals surface area (Å²) in [5.74, 6) is 0.861. The lowest BCUT2D eigenvalue weighted by Crippen LogP contribution is -1.99. The van der Waals surface area contributed by atoms with Gasteiger partial charge in [-0.1, -0.05) is 37.9 Å². The lowest BCUT2D eigenvalue weighted by molar-refractivity contribution is 0.414. The van der Waals surface area contributed by atoms with E-state index in [1.54, 1.807) is 7.11 Å². The molecular weight excluding hydrogens is 370 g/mol. The molecule has 0 saturated heterocycles. The van der Waals surface area contributed by atoms with Crippen LogP contribution in [0.15, 0.2) is 41.0 Å². The van der Waals surface area contributed by atoms with Crippen LogP contribution in [0.1, 0.15) is 21.6 Å². The molecule has 0 amide bonds. The maximum atomic E-state index is 5.27. The molecule has 0 aliphatic heterocycles. The zero-order chi connectivity index (χ0) is 13.8. The van der Waals surface area contributed by atoms with E-state index in [0.717, 1.165) is 22.3 Å². The Morgan fingerprint density at radius 1 is 1.26 bits per heavy atom. The fourth-order valence-corrected chi connectivity index (χ4v) is 3.34. The first kappa shape index (κ1) is 14.5. The molecule has 0 aliphatic rings. The molecule has 100 valence electrons. The number of hydrogen-bond acceptors (Lipinski definition) is 2. The number of rotatable bonds is 4. The third kappa shape index (κ3) is 3.80. The normalized spacial score (nSPS) is 12.2. The standard InChI is InChI=1S/C15H15Br2NO/c1-10-3-4-11(18-9-10)7-15(17)13-8-12(19-2)5-6-14(13)16/h3-6,8-9,15H,7H2,1-2H3. The average Bonchev–Trinajstić information content (AvgIpc) is 2.42. The number of pyridine rings is 1. The molecule has 1 atom stereocenters. The Morgan fingerprint density at radius 3 is 2.68 bits per heavy atom. The van der Waals surface area contributed by atoms with Crippen molar-refractivity contribution in [1.82, 2.24) is 4.98 Å². The number of aryl methyl sites for hydroxylation is 1. The number of ether oxygens (including phenoxy) is 1. The summed E-state index contributed by atoms with van der Waals surface area (Å²) in [5.41, 5.74) is 3.42. The smallest absolute Gasteiger partial charge is 0.119 e. The predicted octanol–water partition coefficient (Wildman–Crippen LogP) is 4.84. The van der Waals surface area contributed by atoms with Crippen LogP contribution < -0.4 is 4.74 Å². The van der Waals surface area contributed by atoms with Gasteiger partial charge in [-0.2, -0.15) is 0 Å². The maximum absolute atomic E-state index is 5.27. The molecule has 0 saturated carbocycles. The van der Waals surface area contributed by atoms with Gasteiger partial charge in [0.05, 0.1) is 7.11 Å². The third-order valence-corrected chi connectivity index (χ3v) is 4.44. The van der Waals surface area contributed by atoms with Gasteiger partial charge in [-0.05, 0) is 42.3 Å². The average molecular weight is 385 g/mol. The van der Waals surface area contributed by atoms with Crippen LogP contribution in [0.25, 0.3) is 0 Å². The van der Waals surface area contributed by atoms with Gasteiger partial charge in [-0.15, -0.1) is 0 Å². The van der Waals surface area contributed by atoms with E-state index in [4.69, 9.17) is 4.74 Å². The quantitative estimate of drug-likeness (QED) is 0.703. The van der Waals surface area contributed by atoms with Gasteiger partial charge >= 0.3 is 0 Å². The first-order chi connectivity index (χ1) is 9.10. The minimum Gasteiger partial charge on any atom is -0.497 e. The highest BCUT2D eigenvalue weighted by Gasteiger charge is 2.13. The van der Waals surface area contributed by atoms with Gasteiger partial charge in [-0.3, -0.25) is 4.98 Å². The molecule has 19 heavy (non-hydrogen) atoms. The summed E-state index contributed by atoms with van der Waals surface area (Å²) in [5, 5.41) is 0. The number of nitrogens with zero attached hydrogens (tertiary/aromatic N) is 1. The van der Waals surface area contributed by atoms with Crippen molar-refractivity contribution in [3.63, 3.8) is 0 Å². The molecule has 0 N–H and O–H groups in total. The minimum atomic E-state index is 0.201. The summed E-state index contributed by atoms with van der Waals surface area (Å²) in [4.78, 5) is 4.64. The van der Waals surface area contributed by atoms with Gasteiger partial charge < -0.3 is 4.74 Å². The Morgan fingerprint density at radius 2 is 2.05 bits per heavy atom. The van der Waals surface area contributed by atoms with Gasteiger partial charge in [0.25, 0.3) is 0 Å². The van der Waals surface area contributed by atoms with Gasteiger partial charge in [0.1, 0.15) is 5.75 Å². The van der Waals surface area contributed by atoms with E-state index in [0.29, 0.717) is 0 Å². The first-order valence-electron chi connectivity index (χ1n) is 5.99. The lowest BCUT2D eigenvalue weighted by Gasteiger charge is -2.13. The van der Waals surface area contributed by atoms with Gasteiger partial charge in [0.15, 0.2) is 0 Å². The topological polar surface area (TPSA) is 22.1 Å². The van der Waals surface area contributed by atoms with Crippen LogP contribution in [0.2, 0.25) is 0 Å². The van der Waals surface area contributed by atoms with Crippen molar-refractivity contribution in [2.75, 3.05) is 7.11 Å². The van der Waals surface area contributed by atoms with E-state index < -0.39 is 0 Å². The Labute approximate surface area is 130 Å². The highest BCUT2D eigenvalue weighted by atomic mass is 79.9. The van der Waals surface area contributed by atoms with Gasteiger partial charge in [0.2, 0.25) is 0 Å². The summed E-state index contributed by atoms with van der Waals surface area (Å²) in [6.45, 7) is 2.04. The van der Waals surface area contributed by atoms with Crippen LogP contribution in [0.5, 0.6) is 5.75 Å². The molecule has 4 heteroatoms. The van der Waals surface area contributed by atoms with Crippen molar-refractivity contribution in [2.45, 2.75) is 18.2 Å². The fourth-order valence-electron chi connectivity index (χ4n) is 1.80. The van der Waals surface area contributed by atoms with Gasteiger partial charge in [0, 0.05) is 27.6 Å². The predicted molar refractivity (Wildman–Crippen MR) is 85.0 cm³/mol. The SMILES string of the molecule is COc1ccc(Br)c(C(Br)Cc2ccc(C)cn2)c1. The second-order valence-corrected chi connectivity index (χ2v) is 6.35. The van der Waals surface area contributed by atoms with Crippen molar-refractivity contribution in [1.29, 1.82) is 0 Å². The van der Waals surface area contributed by atoms with Gasteiger partial charge in [-0.25, -0.2) is 0 Å². The number of aromatic nitrogens is 1. The second-order valence-electron chi connectivity index (χ2n) is 4.39. The minimum absolute atomic E-state index is 0.201. The summed E-state index contributed by atoms with van der Waals surface area (Å²) >= 11 is 7.31. The Kier molecular flexibility index (Phi) is 4.99. The molecule has 2 rings (SSSR count). The summed E-state index contributed by atoms with van der Waals surface area (Å²) in [6.07, 6.45) is 2.74. The number of hydrogen-bond donors (Lipinski definition) is 0. The number of halogens is 2. The molecule has 2 nitrogen and oxygen atoms in total. The van der Waals surface area contributed by atoms with E-state index in [1.807, 2.05) is 31.3 Å². The number of benzene rings is 1. The Hall–Kier alpha value is -0.870. The molecule has 1 heterocycles. The molecule has 2 aromatic rings. The monoisotopic (exact) mass is 383 g/mol. The second kappa shape index (κ2) is 6.53. The van der Waals surface area contributed by atoms with Crippen LogP contribution in [-0.2, 0) is 6.42 Å². The third-order valence-electron chi connectivity index (χ3n) is 2.90. The summed E-state index contributed by atoms with van der Waals surface area (Å²) in [7, 11) is 1.68. The molecule has 1 aromatic heterocycles. The molecular formula is C15H15Br2NO. The van der Waals surface area contributed by atoms with Crippen molar-refractivity contribution < 1.29 is 4.74 Å². The van der Waals surface area contributed by atoms with Crippen molar-refractivity contribution in [2.24, 2.45) is 0 Å². The Bertz CT molecular complexity index is 555. The molecule has 0 bridgehead atoms. The van der Waals surface area contributed by atoms with Crippen LogP contribution >= 0.6 is 31.9 Å². The van der Waals surface area contributed by atoms with E-state index in [2.05, 4.69) is 49.0 Å². The van der Waals surface area contributed by atoms with Crippen molar-refractivity contribution in [3.8, 4) is 5.75 Å². The molecule has 1 unspecified atom stereocenters. The van der Waals surface area contributed by atoms with Crippen molar-refractivity contribution >= 4 is 31.9 Å². The van der Waals surface area contributed by atoms with Crippen LogP contribution in [0, 0.1) is 6.92 Å². The highest BCUT2D eigenvalue weighted by molar-refractivity contribution is 9.11. The van der Waals surface area contributed by atoms with Crippen molar-refractivity contribution in [3.05, 3.63) is 57.8 Å². The van der Waals surface area contributed by atoms with E-state index >= 15 is 0 Å². The molecule has 0 spiro atoms. The lowest BCUT2D eigenvalue weighted by atomic mass is 10.1. The zero-order valence-corrected chi connectivity index (χ0v) is 14.0. The van der Waals surface area contributed by atoms with Crippen LogP contribution in [-0.4, -0.2) is 12.1 Å².